The number of carbonyl (C=O) groups excluding carboxylic acids is 3. The summed E-state index contributed by atoms with van der Waals surface area (Å²) in [6, 6.07) is 0. The predicted molar refractivity (Wildman–Crippen MR) is 68.1 cm³/mol. The highest BCUT2D eigenvalue weighted by Crippen LogP contribution is 2.45. The number of ketones is 1. The van der Waals surface area contributed by atoms with Crippen LogP contribution in [0.4, 0.5) is 0 Å². The Bertz CT molecular complexity index is 420. The Labute approximate surface area is 118 Å². The first kappa shape index (κ1) is 16.4. The van der Waals surface area contributed by atoms with Gasteiger partial charge < -0.3 is 19.8 Å². The lowest BCUT2D eigenvalue weighted by Gasteiger charge is -2.45. The molecule has 1 atom stereocenters. The van der Waals surface area contributed by atoms with Crippen LogP contribution < -0.4 is 10.2 Å². The van der Waals surface area contributed by atoms with Gasteiger partial charge in [0.15, 0.2) is 0 Å². The van der Waals surface area contributed by atoms with Crippen molar-refractivity contribution in [2.45, 2.75) is 51.9 Å². The first-order valence-corrected chi connectivity index (χ1v) is 7.00. The fourth-order valence-corrected chi connectivity index (χ4v) is 3.07. The molecular formula is C15H20O5-2. The van der Waals surface area contributed by atoms with Gasteiger partial charge in [0.05, 0.1) is 11.9 Å². The monoisotopic (exact) mass is 280 g/mol. The van der Waals surface area contributed by atoms with E-state index in [0.29, 0.717) is 12.8 Å². The summed E-state index contributed by atoms with van der Waals surface area (Å²) in [5.41, 5.74) is -2.36. The highest BCUT2D eigenvalue weighted by molar-refractivity contribution is 5.97. The van der Waals surface area contributed by atoms with Crippen molar-refractivity contribution in [3.63, 3.8) is 0 Å². The third kappa shape index (κ3) is 3.08. The zero-order chi connectivity index (χ0) is 15.3. The average molecular weight is 280 g/mol. The van der Waals surface area contributed by atoms with Crippen LogP contribution in [0.1, 0.15) is 51.9 Å². The molecule has 0 aromatic heterocycles. The first-order chi connectivity index (χ1) is 9.36. The second kappa shape index (κ2) is 6.68. The minimum Gasteiger partial charge on any atom is -0.549 e. The van der Waals surface area contributed by atoms with E-state index in [2.05, 4.69) is 6.58 Å². The maximum Gasteiger partial charge on any atom is 0.133 e. The number of rotatable bonds is 7. The lowest BCUT2D eigenvalue weighted by atomic mass is 9.62. The Morgan fingerprint density at radius 1 is 1.15 bits per heavy atom. The van der Waals surface area contributed by atoms with E-state index in [9.17, 15) is 24.6 Å². The van der Waals surface area contributed by atoms with E-state index in [-0.39, 0.29) is 18.6 Å². The number of Topliss-reactive ketones (excluding diaryl/α,β-unsaturated/α-hetero) is 1. The van der Waals surface area contributed by atoms with Gasteiger partial charge in [-0.25, -0.2) is 0 Å². The van der Waals surface area contributed by atoms with Gasteiger partial charge in [-0.15, -0.1) is 0 Å². The molecule has 1 aliphatic carbocycles. The van der Waals surface area contributed by atoms with E-state index < -0.39 is 28.8 Å². The lowest BCUT2D eigenvalue weighted by Crippen LogP contribution is -2.53. The Morgan fingerprint density at radius 3 is 2.10 bits per heavy atom. The van der Waals surface area contributed by atoms with Gasteiger partial charge >= 0.3 is 0 Å². The number of hydrogen-bond acceptors (Lipinski definition) is 5. The summed E-state index contributed by atoms with van der Waals surface area (Å²) in [7, 11) is 0. The van der Waals surface area contributed by atoms with E-state index in [4.69, 9.17) is 0 Å². The van der Waals surface area contributed by atoms with Crippen molar-refractivity contribution in [2.24, 2.45) is 11.3 Å². The normalized spacial score (nSPS) is 19.1. The van der Waals surface area contributed by atoms with Crippen molar-refractivity contribution in [1.29, 1.82) is 0 Å². The van der Waals surface area contributed by atoms with Crippen molar-refractivity contribution in [3.8, 4) is 0 Å². The van der Waals surface area contributed by atoms with Crippen LogP contribution in [-0.2, 0) is 14.4 Å². The topological polar surface area (TPSA) is 97.3 Å². The molecule has 5 heteroatoms. The number of carboxylic acids is 2. The summed E-state index contributed by atoms with van der Waals surface area (Å²) in [5, 5.41) is 22.9. The van der Waals surface area contributed by atoms with Gasteiger partial charge in [-0.2, -0.15) is 0 Å². The quantitative estimate of drug-likeness (QED) is 0.610. The molecule has 0 spiro atoms. The van der Waals surface area contributed by atoms with Crippen LogP contribution in [0.5, 0.6) is 0 Å². The van der Waals surface area contributed by atoms with Gasteiger partial charge in [0.1, 0.15) is 5.78 Å². The molecule has 5 nitrogen and oxygen atoms in total. The minimum atomic E-state index is -1.83. The summed E-state index contributed by atoms with van der Waals surface area (Å²) in [4.78, 5) is 34.6. The molecule has 20 heavy (non-hydrogen) atoms. The van der Waals surface area contributed by atoms with Crippen LogP contribution in [0.15, 0.2) is 12.2 Å². The van der Waals surface area contributed by atoms with Gasteiger partial charge in [-0.05, 0) is 24.3 Å². The fraction of sp³-hybridized carbons (Fsp3) is 0.667. The molecule has 1 saturated carbocycles. The maximum absolute atomic E-state index is 11.8. The Kier molecular flexibility index (Phi) is 5.48. The van der Waals surface area contributed by atoms with Gasteiger partial charge in [0, 0.05) is 18.3 Å². The molecule has 0 radical (unpaired) electrons. The van der Waals surface area contributed by atoms with Crippen molar-refractivity contribution in [1.82, 2.24) is 0 Å². The highest BCUT2D eigenvalue weighted by atomic mass is 16.4. The SMILES string of the molecule is C=C(C(=O)[O-])C(CC(=O)CC)(C(=O)[O-])C1CCCCC1. The second-order valence-corrected chi connectivity index (χ2v) is 5.43. The van der Waals surface area contributed by atoms with E-state index in [1.807, 2.05) is 0 Å². The third-order valence-corrected chi connectivity index (χ3v) is 4.32. The standard InChI is InChI=1S/C15H22O5/c1-3-12(16)9-15(14(19)20,10(2)13(17)18)11-7-5-4-6-8-11/h11H,2-9H2,1H3,(H,17,18)(H,19,20)/p-2. The minimum absolute atomic E-state index is 0.155. The second-order valence-electron chi connectivity index (χ2n) is 5.43. The molecule has 1 rings (SSSR count). The molecule has 0 aliphatic heterocycles. The van der Waals surface area contributed by atoms with E-state index >= 15 is 0 Å². The molecule has 0 N–H and O–H groups in total. The molecule has 1 aliphatic rings. The van der Waals surface area contributed by atoms with Crippen LogP contribution in [0.25, 0.3) is 0 Å². The molecule has 0 heterocycles. The van der Waals surface area contributed by atoms with Gasteiger partial charge in [-0.1, -0.05) is 32.8 Å². The Morgan fingerprint density at radius 2 is 1.70 bits per heavy atom. The molecule has 0 saturated heterocycles. The molecule has 0 bridgehead atoms. The average Bonchev–Trinajstić information content (AvgIpc) is 2.44. The van der Waals surface area contributed by atoms with E-state index in [1.165, 1.54) is 0 Å². The van der Waals surface area contributed by atoms with Crippen LogP contribution in [-0.4, -0.2) is 17.7 Å². The van der Waals surface area contributed by atoms with Crippen LogP contribution >= 0.6 is 0 Å². The number of aliphatic carboxylic acids is 2. The number of carboxylic acid groups (broad SMARTS) is 2. The molecule has 1 unspecified atom stereocenters. The molecule has 1 fully saturated rings. The van der Waals surface area contributed by atoms with Crippen LogP contribution in [0.2, 0.25) is 0 Å². The molecule has 0 aromatic rings. The largest absolute Gasteiger partial charge is 0.549 e. The summed E-state index contributed by atoms with van der Waals surface area (Å²) in [5.74, 6) is -3.88. The van der Waals surface area contributed by atoms with E-state index in [0.717, 1.165) is 19.3 Å². The Hall–Kier alpha value is -1.65. The van der Waals surface area contributed by atoms with E-state index in [1.54, 1.807) is 6.92 Å². The fourth-order valence-electron chi connectivity index (χ4n) is 3.07. The van der Waals surface area contributed by atoms with Gasteiger partial charge in [0.25, 0.3) is 0 Å². The van der Waals surface area contributed by atoms with Crippen molar-refractivity contribution < 1.29 is 24.6 Å². The first-order valence-electron chi connectivity index (χ1n) is 7.00. The number of hydrogen-bond donors (Lipinski definition) is 0. The third-order valence-electron chi connectivity index (χ3n) is 4.32. The summed E-state index contributed by atoms with van der Waals surface area (Å²) >= 11 is 0. The highest BCUT2D eigenvalue weighted by Gasteiger charge is 2.44. The molecule has 0 aromatic carbocycles. The maximum atomic E-state index is 11.8. The van der Waals surface area contributed by atoms with Crippen molar-refractivity contribution in [2.75, 3.05) is 0 Å². The van der Waals surface area contributed by atoms with Crippen molar-refractivity contribution in [3.05, 3.63) is 12.2 Å². The molecule has 0 amide bonds. The summed E-state index contributed by atoms with van der Waals surface area (Å²) in [6.45, 7) is 4.99. The van der Waals surface area contributed by atoms with Gasteiger partial charge in [-0.3, -0.25) is 4.79 Å². The number of carbonyl (C=O) groups is 3. The van der Waals surface area contributed by atoms with Crippen LogP contribution in [0.3, 0.4) is 0 Å². The molecule has 112 valence electrons. The summed E-state index contributed by atoms with van der Waals surface area (Å²) in [6.07, 6.45) is 3.54. The zero-order valence-electron chi connectivity index (χ0n) is 11.8. The van der Waals surface area contributed by atoms with Crippen LogP contribution in [0, 0.1) is 11.3 Å². The van der Waals surface area contributed by atoms with Crippen molar-refractivity contribution >= 4 is 17.7 Å². The smallest absolute Gasteiger partial charge is 0.133 e. The lowest BCUT2D eigenvalue weighted by molar-refractivity contribution is -0.325. The Balaban J connectivity index is 3.24. The van der Waals surface area contributed by atoms with Gasteiger partial charge in [0.2, 0.25) is 0 Å². The molecular weight excluding hydrogens is 260 g/mol. The predicted octanol–water partition coefficient (Wildman–Crippen LogP) is -0.0217. The summed E-state index contributed by atoms with van der Waals surface area (Å²) < 4.78 is 0. The zero-order valence-corrected chi connectivity index (χ0v) is 11.8.